The number of rotatable bonds is 5. The number of ether oxygens (including phenoxy) is 1. The van der Waals surface area contributed by atoms with E-state index in [0.717, 1.165) is 18.7 Å². The fraction of sp³-hybridized carbons (Fsp3) is 0.636. The van der Waals surface area contributed by atoms with Gasteiger partial charge in [-0.25, -0.2) is 4.52 Å². The van der Waals surface area contributed by atoms with Gasteiger partial charge in [-0.2, -0.15) is 0 Å². The standard InChI is InChI=1S/C11H17INO3/c1-8(12)4-5-13-9(2)6-10(16-13)7-11(14)15-3/h6,8H,4-5,7H2,1-3H3/q+1. The summed E-state index contributed by atoms with van der Waals surface area (Å²) in [5, 5.41) is 0. The van der Waals surface area contributed by atoms with Crippen LogP contribution in [0.3, 0.4) is 0 Å². The first kappa shape index (κ1) is 13.5. The lowest BCUT2D eigenvalue weighted by atomic mass is 10.3. The van der Waals surface area contributed by atoms with Gasteiger partial charge in [0.05, 0.1) is 13.2 Å². The van der Waals surface area contributed by atoms with Crippen molar-refractivity contribution in [3.63, 3.8) is 0 Å². The fourth-order valence-electron chi connectivity index (χ4n) is 1.36. The zero-order valence-corrected chi connectivity index (χ0v) is 12.0. The van der Waals surface area contributed by atoms with Gasteiger partial charge in [0.25, 0.3) is 0 Å². The first-order valence-electron chi connectivity index (χ1n) is 5.23. The molecule has 1 aromatic rings. The van der Waals surface area contributed by atoms with Gasteiger partial charge in [0.15, 0.2) is 12.3 Å². The molecular weight excluding hydrogens is 321 g/mol. The first-order valence-corrected chi connectivity index (χ1v) is 6.48. The fourth-order valence-corrected chi connectivity index (χ4v) is 1.64. The lowest BCUT2D eigenvalue weighted by Crippen LogP contribution is -2.35. The van der Waals surface area contributed by atoms with Gasteiger partial charge in [0.2, 0.25) is 5.69 Å². The summed E-state index contributed by atoms with van der Waals surface area (Å²) >= 11 is 2.38. The Kier molecular flexibility index (Phi) is 5.24. The Labute approximate surface area is 109 Å². The molecule has 0 aliphatic heterocycles. The number of alkyl halides is 1. The molecule has 0 fully saturated rings. The number of nitrogens with zero attached hydrogens (tertiary/aromatic N) is 1. The van der Waals surface area contributed by atoms with E-state index in [1.54, 1.807) is 0 Å². The number of carbonyl (C=O) groups is 1. The number of esters is 1. The lowest BCUT2D eigenvalue weighted by molar-refractivity contribution is -0.868. The number of hydrogen-bond acceptors (Lipinski definition) is 3. The van der Waals surface area contributed by atoms with Gasteiger partial charge in [0.1, 0.15) is 6.42 Å². The van der Waals surface area contributed by atoms with Gasteiger partial charge in [-0.15, -0.1) is 0 Å². The van der Waals surface area contributed by atoms with Gasteiger partial charge in [-0.05, 0) is 4.74 Å². The van der Waals surface area contributed by atoms with Crippen molar-refractivity contribution >= 4 is 28.6 Å². The second-order valence-corrected chi connectivity index (χ2v) is 5.89. The summed E-state index contributed by atoms with van der Waals surface area (Å²) in [6.45, 7) is 4.98. The molecular formula is C11H17INO3+. The van der Waals surface area contributed by atoms with Crippen LogP contribution in [0.4, 0.5) is 0 Å². The summed E-state index contributed by atoms with van der Waals surface area (Å²) in [4.78, 5) is 11.1. The summed E-state index contributed by atoms with van der Waals surface area (Å²) in [6, 6.07) is 1.88. The number of hydrogen-bond donors (Lipinski definition) is 0. The lowest BCUT2D eigenvalue weighted by Gasteiger charge is -1.96. The van der Waals surface area contributed by atoms with E-state index in [1.807, 2.05) is 17.7 Å². The molecule has 0 N–H and O–H groups in total. The maximum Gasteiger partial charge on any atom is 0.313 e. The normalized spacial score (nSPS) is 12.5. The molecule has 0 spiro atoms. The molecule has 0 saturated carbocycles. The van der Waals surface area contributed by atoms with Crippen LogP contribution >= 0.6 is 22.6 Å². The molecule has 0 aliphatic carbocycles. The highest BCUT2D eigenvalue weighted by Gasteiger charge is 2.18. The van der Waals surface area contributed by atoms with Crippen LogP contribution < -0.4 is 4.74 Å². The Morgan fingerprint density at radius 2 is 2.38 bits per heavy atom. The number of aromatic nitrogens is 1. The number of aryl methyl sites for hydroxylation is 2. The van der Waals surface area contributed by atoms with E-state index in [0.29, 0.717) is 9.68 Å². The smallest absolute Gasteiger partial charge is 0.313 e. The van der Waals surface area contributed by atoms with Crippen LogP contribution in [0.15, 0.2) is 10.6 Å². The molecule has 0 aromatic carbocycles. The quantitative estimate of drug-likeness (QED) is 0.356. The van der Waals surface area contributed by atoms with Gasteiger partial charge in [-0.1, -0.05) is 29.5 Å². The Balaban J connectivity index is 2.62. The van der Waals surface area contributed by atoms with Crippen molar-refractivity contribution in [3.05, 3.63) is 17.5 Å². The average molecular weight is 338 g/mol. The number of halogens is 1. The highest BCUT2D eigenvalue weighted by molar-refractivity contribution is 14.1. The first-order chi connectivity index (χ1) is 7.52. The molecule has 0 saturated heterocycles. The monoisotopic (exact) mass is 338 g/mol. The van der Waals surface area contributed by atoms with Crippen LogP contribution in [0.2, 0.25) is 0 Å². The van der Waals surface area contributed by atoms with E-state index >= 15 is 0 Å². The highest BCUT2D eigenvalue weighted by Crippen LogP contribution is 2.06. The van der Waals surface area contributed by atoms with Crippen molar-refractivity contribution in [2.75, 3.05) is 7.11 Å². The van der Waals surface area contributed by atoms with Gasteiger partial charge in [0, 0.05) is 17.3 Å². The van der Waals surface area contributed by atoms with Crippen molar-refractivity contribution in [2.45, 2.75) is 37.2 Å². The minimum absolute atomic E-state index is 0.199. The van der Waals surface area contributed by atoms with Crippen LogP contribution in [0.1, 0.15) is 24.8 Å². The Morgan fingerprint density at radius 3 is 2.94 bits per heavy atom. The Morgan fingerprint density at radius 1 is 1.69 bits per heavy atom. The molecule has 1 atom stereocenters. The van der Waals surface area contributed by atoms with Crippen LogP contribution in [0.5, 0.6) is 0 Å². The molecule has 1 heterocycles. The maximum absolute atomic E-state index is 11.1. The zero-order chi connectivity index (χ0) is 12.1. The van der Waals surface area contributed by atoms with Gasteiger partial charge in [-0.3, -0.25) is 4.79 Å². The summed E-state index contributed by atoms with van der Waals surface area (Å²) in [5.74, 6) is 0.383. The van der Waals surface area contributed by atoms with E-state index in [-0.39, 0.29) is 12.4 Å². The number of methoxy groups -OCH3 is 1. The molecule has 1 unspecified atom stereocenters. The summed E-state index contributed by atoms with van der Waals surface area (Å²) in [5.41, 5.74) is 1.04. The predicted octanol–water partition coefficient (Wildman–Crippen LogP) is 1.80. The molecule has 16 heavy (non-hydrogen) atoms. The second-order valence-electron chi connectivity index (χ2n) is 3.77. The molecule has 1 rings (SSSR count). The molecule has 0 radical (unpaired) electrons. The molecule has 0 amide bonds. The second kappa shape index (κ2) is 6.22. The van der Waals surface area contributed by atoms with Gasteiger partial charge < -0.3 is 4.74 Å². The molecule has 0 aliphatic rings. The van der Waals surface area contributed by atoms with E-state index < -0.39 is 0 Å². The van der Waals surface area contributed by atoms with Crippen LogP contribution in [-0.2, 0) is 22.5 Å². The summed E-state index contributed by atoms with van der Waals surface area (Å²) in [7, 11) is 1.38. The topological polar surface area (TPSA) is 43.3 Å². The zero-order valence-electron chi connectivity index (χ0n) is 9.83. The number of carbonyl (C=O) groups excluding carboxylic acids is 1. The van der Waals surface area contributed by atoms with E-state index in [9.17, 15) is 4.79 Å². The Hall–Kier alpha value is -0.590. The maximum atomic E-state index is 11.1. The summed E-state index contributed by atoms with van der Waals surface area (Å²) in [6.07, 6.45) is 1.25. The van der Waals surface area contributed by atoms with Crippen molar-refractivity contribution in [3.8, 4) is 0 Å². The average Bonchev–Trinajstić information content (AvgIpc) is 2.55. The van der Waals surface area contributed by atoms with Crippen LogP contribution in [-0.4, -0.2) is 17.0 Å². The van der Waals surface area contributed by atoms with E-state index in [1.165, 1.54) is 7.11 Å². The molecule has 90 valence electrons. The van der Waals surface area contributed by atoms with Crippen LogP contribution in [0, 0.1) is 6.92 Å². The molecule has 1 aromatic heterocycles. The van der Waals surface area contributed by atoms with E-state index in [2.05, 4.69) is 34.3 Å². The third-order valence-corrected chi connectivity index (χ3v) is 2.89. The van der Waals surface area contributed by atoms with Crippen molar-refractivity contribution in [1.82, 2.24) is 0 Å². The molecule has 5 heteroatoms. The van der Waals surface area contributed by atoms with Crippen molar-refractivity contribution < 1.29 is 18.8 Å². The van der Waals surface area contributed by atoms with E-state index in [4.69, 9.17) is 4.52 Å². The summed E-state index contributed by atoms with van der Waals surface area (Å²) < 4.78 is 12.6. The Bertz CT molecular complexity index is 360. The van der Waals surface area contributed by atoms with Crippen LogP contribution in [0.25, 0.3) is 0 Å². The molecule has 0 bridgehead atoms. The SMILES string of the molecule is COC(=O)Cc1cc(C)[n+](CCC(C)I)o1. The van der Waals surface area contributed by atoms with Gasteiger partial charge >= 0.3 is 5.97 Å². The minimum atomic E-state index is -0.275. The third kappa shape index (κ3) is 4.11. The predicted molar refractivity (Wildman–Crippen MR) is 67.5 cm³/mol. The highest BCUT2D eigenvalue weighted by atomic mass is 127. The van der Waals surface area contributed by atoms with Crippen molar-refractivity contribution in [2.24, 2.45) is 0 Å². The largest absolute Gasteiger partial charge is 0.469 e. The van der Waals surface area contributed by atoms with Crippen molar-refractivity contribution in [1.29, 1.82) is 0 Å². The third-order valence-electron chi connectivity index (χ3n) is 2.27. The molecule has 4 nitrogen and oxygen atoms in total. The minimum Gasteiger partial charge on any atom is -0.469 e.